The fourth-order valence-electron chi connectivity index (χ4n) is 1.93. The Morgan fingerprint density at radius 2 is 2.00 bits per heavy atom. The number of nitrogens with zero attached hydrogens (tertiary/aromatic N) is 1. The van der Waals surface area contributed by atoms with Gasteiger partial charge in [0.05, 0.1) is 6.61 Å². The molecule has 0 heterocycles. The van der Waals surface area contributed by atoms with Crippen molar-refractivity contribution in [2.45, 2.75) is 33.3 Å². The molecule has 1 rings (SSSR count). The molecule has 3 nitrogen and oxygen atoms in total. The SMILES string of the molecule is CCCCN(CC)C(=O)c1ccccc1COC. The lowest BCUT2D eigenvalue weighted by atomic mass is 10.1. The molecular weight excluding hydrogens is 226 g/mol. The van der Waals surface area contributed by atoms with Gasteiger partial charge < -0.3 is 9.64 Å². The molecule has 0 aliphatic rings. The van der Waals surface area contributed by atoms with Gasteiger partial charge in [0.1, 0.15) is 0 Å². The van der Waals surface area contributed by atoms with Gasteiger partial charge in [-0.3, -0.25) is 4.79 Å². The van der Waals surface area contributed by atoms with Crippen molar-refractivity contribution in [3.63, 3.8) is 0 Å². The Hall–Kier alpha value is -1.35. The van der Waals surface area contributed by atoms with E-state index in [4.69, 9.17) is 4.74 Å². The topological polar surface area (TPSA) is 29.5 Å². The number of carbonyl (C=O) groups is 1. The van der Waals surface area contributed by atoms with Crippen LogP contribution in [0.4, 0.5) is 0 Å². The summed E-state index contributed by atoms with van der Waals surface area (Å²) in [5.41, 5.74) is 1.72. The quantitative estimate of drug-likeness (QED) is 0.743. The van der Waals surface area contributed by atoms with E-state index in [1.54, 1.807) is 7.11 Å². The number of benzene rings is 1. The summed E-state index contributed by atoms with van der Waals surface area (Å²) < 4.78 is 5.14. The third-order valence-corrected chi connectivity index (χ3v) is 3.00. The molecule has 1 aromatic carbocycles. The summed E-state index contributed by atoms with van der Waals surface area (Å²) >= 11 is 0. The van der Waals surface area contributed by atoms with Crippen LogP contribution in [0.25, 0.3) is 0 Å². The highest BCUT2D eigenvalue weighted by Crippen LogP contribution is 2.13. The number of unbranched alkanes of at least 4 members (excludes halogenated alkanes) is 1. The zero-order valence-electron chi connectivity index (χ0n) is 11.6. The lowest BCUT2D eigenvalue weighted by Crippen LogP contribution is -2.32. The van der Waals surface area contributed by atoms with Crippen LogP contribution in [0.2, 0.25) is 0 Å². The number of rotatable bonds is 7. The molecule has 0 saturated carbocycles. The third-order valence-electron chi connectivity index (χ3n) is 3.00. The van der Waals surface area contributed by atoms with Crippen LogP contribution in [0.5, 0.6) is 0 Å². The van der Waals surface area contributed by atoms with Crippen molar-refractivity contribution in [2.24, 2.45) is 0 Å². The van der Waals surface area contributed by atoms with Crippen molar-refractivity contribution in [1.29, 1.82) is 0 Å². The normalized spacial score (nSPS) is 10.4. The summed E-state index contributed by atoms with van der Waals surface area (Å²) in [5, 5.41) is 0. The Labute approximate surface area is 110 Å². The van der Waals surface area contributed by atoms with E-state index >= 15 is 0 Å². The maximum atomic E-state index is 12.4. The lowest BCUT2D eigenvalue weighted by Gasteiger charge is -2.22. The number of carbonyl (C=O) groups excluding carboxylic acids is 1. The molecule has 18 heavy (non-hydrogen) atoms. The van der Waals surface area contributed by atoms with E-state index < -0.39 is 0 Å². The van der Waals surface area contributed by atoms with Crippen molar-refractivity contribution in [1.82, 2.24) is 4.90 Å². The van der Waals surface area contributed by atoms with E-state index in [1.165, 1.54) is 0 Å². The van der Waals surface area contributed by atoms with Crippen molar-refractivity contribution in [3.05, 3.63) is 35.4 Å². The molecule has 0 bridgehead atoms. The van der Waals surface area contributed by atoms with Crippen LogP contribution < -0.4 is 0 Å². The molecule has 0 aliphatic carbocycles. The number of amides is 1. The van der Waals surface area contributed by atoms with E-state index in [0.717, 1.165) is 37.1 Å². The van der Waals surface area contributed by atoms with E-state index in [0.29, 0.717) is 6.61 Å². The van der Waals surface area contributed by atoms with Gasteiger partial charge in [-0.05, 0) is 25.0 Å². The fraction of sp³-hybridized carbons (Fsp3) is 0.533. The Balaban J connectivity index is 2.86. The van der Waals surface area contributed by atoms with Crippen molar-refractivity contribution in [2.75, 3.05) is 20.2 Å². The van der Waals surface area contributed by atoms with Crippen LogP contribution in [0.15, 0.2) is 24.3 Å². The van der Waals surface area contributed by atoms with Crippen LogP contribution in [0.3, 0.4) is 0 Å². The Kier molecular flexibility index (Phi) is 6.44. The molecular formula is C15H23NO2. The molecule has 100 valence electrons. The minimum Gasteiger partial charge on any atom is -0.380 e. The van der Waals surface area contributed by atoms with E-state index in [9.17, 15) is 4.79 Å². The number of methoxy groups -OCH3 is 1. The first-order valence-electron chi connectivity index (χ1n) is 6.60. The highest BCUT2D eigenvalue weighted by molar-refractivity contribution is 5.95. The second kappa shape index (κ2) is 7.88. The van der Waals surface area contributed by atoms with Crippen molar-refractivity contribution >= 4 is 5.91 Å². The van der Waals surface area contributed by atoms with Crippen LogP contribution >= 0.6 is 0 Å². The minimum atomic E-state index is 0.110. The number of ether oxygens (including phenoxy) is 1. The molecule has 0 radical (unpaired) electrons. The summed E-state index contributed by atoms with van der Waals surface area (Å²) in [6.07, 6.45) is 2.15. The average molecular weight is 249 g/mol. The highest BCUT2D eigenvalue weighted by Gasteiger charge is 2.16. The summed E-state index contributed by atoms with van der Waals surface area (Å²) in [7, 11) is 1.65. The molecule has 0 unspecified atom stereocenters. The second-order valence-electron chi connectivity index (χ2n) is 4.33. The molecule has 0 atom stereocenters. The van der Waals surface area contributed by atoms with Crippen molar-refractivity contribution < 1.29 is 9.53 Å². The van der Waals surface area contributed by atoms with Crippen LogP contribution in [0, 0.1) is 0 Å². The van der Waals surface area contributed by atoms with Gasteiger partial charge in [0.2, 0.25) is 0 Å². The molecule has 0 aliphatic heterocycles. The average Bonchev–Trinajstić information content (AvgIpc) is 2.40. The van der Waals surface area contributed by atoms with Gasteiger partial charge >= 0.3 is 0 Å². The first-order valence-corrected chi connectivity index (χ1v) is 6.60. The number of hydrogen-bond acceptors (Lipinski definition) is 2. The molecule has 1 amide bonds. The molecule has 0 fully saturated rings. The van der Waals surface area contributed by atoms with Crippen LogP contribution in [-0.4, -0.2) is 31.0 Å². The molecule has 0 N–H and O–H groups in total. The van der Waals surface area contributed by atoms with Crippen molar-refractivity contribution in [3.8, 4) is 0 Å². The first kappa shape index (κ1) is 14.7. The number of hydrogen-bond donors (Lipinski definition) is 0. The van der Waals surface area contributed by atoms with Gasteiger partial charge in [-0.2, -0.15) is 0 Å². The van der Waals surface area contributed by atoms with Gasteiger partial charge in [-0.15, -0.1) is 0 Å². The maximum Gasteiger partial charge on any atom is 0.254 e. The zero-order valence-corrected chi connectivity index (χ0v) is 11.6. The van der Waals surface area contributed by atoms with Crippen LogP contribution in [-0.2, 0) is 11.3 Å². The third kappa shape index (κ3) is 3.84. The van der Waals surface area contributed by atoms with E-state index in [1.807, 2.05) is 36.1 Å². The highest BCUT2D eigenvalue weighted by atomic mass is 16.5. The van der Waals surface area contributed by atoms with Gasteiger partial charge in [0.15, 0.2) is 0 Å². The summed E-state index contributed by atoms with van der Waals surface area (Å²) in [6.45, 7) is 6.21. The maximum absolute atomic E-state index is 12.4. The van der Waals surface area contributed by atoms with Gasteiger partial charge in [0.25, 0.3) is 5.91 Å². The lowest BCUT2D eigenvalue weighted by molar-refractivity contribution is 0.0757. The standard InChI is InChI=1S/C15H23NO2/c1-4-6-11-16(5-2)15(17)14-10-8-7-9-13(14)12-18-3/h7-10H,4-6,11-12H2,1-3H3. The smallest absolute Gasteiger partial charge is 0.254 e. The monoisotopic (exact) mass is 249 g/mol. The van der Waals surface area contributed by atoms with Gasteiger partial charge in [-0.25, -0.2) is 0 Å². The van der Waals surface area contributed by atoms with Gasteiger partial charge in [-0.1, -0.05) is 31.5 Å². The molecule has 0 saturated heterocycles. The van der Waals surface area contributed by atoms with E-state index in [-0.39, 0.29) is 5.91 Å². The first-order chi connectivity index (χ1) is 8.74. The zero-order chi connectivity index (χ0) is 13.4. The van der Waals surface area contributed by atoms with E-state index in [2.05, 4.69) is 6.92 Å². The Morgan fingerprint density at radius 3 is 2.61 bits per heavy atom. The minimum absolute atomic E-state index is 0.110. The second-order valence-corrected chi connectivity index (χ2v) is 4.33. The molecule has 1 aromatic rings. The van der Waals surface area contributed by atoms with Crippen LogP contribution in [0.1, 0.15) is 42.6 Å². The molecule has 0 aromatic heterocycles. The predicted octanol–water partition coefficient (Wildman–Crippen LogP) is 3.10. The summed E-state index contributed by atoms with van der Waals surface area (Å²) in [4.78, 5) is 14.3. The molecule has 3 heteroatoms. The largest absolute Gasteiger partial charge is 0.380 e. The Bertz CT molecular complexity index is 377. The summed E-state index contributed by atoms with van der Waals surface area (Å²) in [5.74, 6) is 0.110. The summed E-state index contributed by atoms with van der Waals surface area (Å²) in [6, 6.07) is 7.67. The fourth-order valence-corrected chi connectivity index (χ4v) is 1.93. The van der Waals surface area contributed by atoms with Gasteiger partial charge in [0, 0.05) is 25.8 Å². The Morgan fingerprint density at radius 1 is 1.28 bits per heavy atom. The molecule has 0 spiro atoms. The predicted molar refractivity (Wildman–Crippen MR) is 73.6 cm³/mol.